The van der Waals surface area contributed by atoms with Crippen LogP contribution in [0.4, 0.5) is 0 Å². The lowest BCUT2D eigenvalue weighted by atomic mass is 9.74. The Morgan fingerprint density at radius 1 is 1.09 bits per heavy atom. The summed E-state index contributed by atoms with van der Waals surface area (Å²) < 4.78 is 1.79. The van der Waals surface area contributed by atoms with E-state index in [2.05, 4.69) is 37.9 Å². The molecule has 1 aliphatic heterocycles. The molecule has 1 aliphatic carbocycles. The summed E-state index contributed by atoms with van der Waals surface area (Å²) in [5.41, 5.74) is 4.43. The molecule has 1 unspecified atom stereocenters. The first kappa shape index (κ1) is 24.0. The number of carbonyl (C=O) groups is 1. The molecule has 32 heavy (non-hydrogen) atoms. The van der Waals surface area contributed by atoms with Crippen LogP contribution in [-0.2, 0) is 18.4 Å². The Labute approximate surface area is 191 Å². The van der Waals surface area contributed by atoms with Crippen LogP contribution in [0.1, 0.15) is 85.0 Å². The van der Waals surface area contributed by atoms with Gasteiger partial charge in [-0.3, -0.25) is 9.59 Å². The first-order valence-corrected chi connectivity index (χ1v) is 11.8. The van der Waals surface area contributed by atoms with E-state index in [1.165, 1.54) is 22.3 Å². The maximum atomic E-state index is 12.8. The van der Waals surface area contributed by atoms with Crippen molar-refractivity contribution in [2.75, 3.05) is 7.05 Å². The van der Waals surface area contributed by atoms with E-state index in [4.69, 9.17) is 0 Å². The fourth-order valence-corrected chi connectivity index (χ4v) is 5.15. The van der Waals surface area contributed by atoms with Crippen LogP contribution < -0.4 is 5.56 Å². The minimum atomic E-state index is -0.711. The molecule has 1 fully saturated rings. The number of nitrogens with zero attached hydrogens (tertiary/aromatic N) is 3. The van der Waals surface area contributed by atoms with Crippen molar-refractivity contribution in [2.45, 2.75) is 91.6 Å². The number of fused-ring (bicyclic) bond motifs is 1. The zero-order valence-corrected chi connectivity index (χ0v) is 20.6. The molecule has 6 nitrogen and oxygen atoms in total. The first-order valence-electron chi connectivity index (χ1n) is 11.8. The quantitative estimate of drug-likeness (QED) is 0.768. The summed E-state index contributed by atoms with van der Waals surface area (Å²) in [5, 5.41) is 10.3. The Balaban J connectivity index is 0.00000141. The van der Waals surface area contributed by atoms with Crippen LogP contribution in [0.25, 0.3) is 0 Å². The monoisotopic (exact) mass is 439 g/mol. The number of aryl methyl sites for hydroxylation is 2. The lowest BCUT2D eigenvalue weighted by Gasteiger charge is -2.36. The predicted molar refractivity (Wildman–Crippen MR) is 128 cm³/mol. The van der Waals surface area contributed by atoms with E-state index in [0.717, 1.165) is 25.7 Å². The Morgan fingerprint density at radius 3 is 2.22 bits per heavy atom. The molecule has 1 saturated carbocycles. The van der Waals surface area contributed by atoms with Gasteiger partial charge in [-0.25, -0.2) is 0 Å². The Kier molecular flexibility index (Phi) is 6.82. The number of hydrogen-bond donors (Lipinski definition) is 1. The third kappa shape index (κ3) is 3.96. The highest BCUT2D eigenvalue weighted by Gasteiger charge is 2.40. The number of benzene rings is 1. The molecule has 2 aliphatic rings. The average molecular weight is 440 g/mol. The molecule has 4 rings (SSSR count). The molecule has 0 spiro atoms. The standard InChI is InChI=1S/C24H31N3O3.C2H6/c1-14-10-18(11-15(2)17(14)4)24(8-6-7-9-24)12-19-25-22(29)21(28)20-23(30)26(5)16(3)13-27(19)20;1-2/h10-11,16,28H,6-9,12-13H2,1-5H3;1-2H3. The smallest absolute Gasteiger partial charge is 0.315 e. The van der Waals surface area contributed by atoms with E-state index in [0.29, 0.717) is 18.8 Å². The Hall–Kier alpha value is -2.63. The predicted octanol–water partition coefficient (Wildman–Crippen LogP) is 4.43. The molecule has 6 heteroatoms. The van der Waals surface area contributed by atoms with Gasteiger partial charge >= 0.3 is 5.56 Å². The molecule has 174 valence electrons. The van der Waals surface area contributed by atoms with Gasteiger partial charge in [0.1, 0.15) is 5.82 Å². The maximum Gasteiger partial charge on any atom is 0.315 e. The van der Waals surface area contributed by atoms with Crippen molar-refractivity contribution in [2.24, 2.45) is 0 Å². The van der Waals surface area contributed by atoms with Crippen molar-refractivity contribution in [1.29, 1.82) is 0 Å². The van der Waals surface area contributed by atoms with Gasteiger partial charge < -0.3 is 14.6 Å². The average Bonchev–Trinajstić information content (AvgIpc) is 3.24. The number of likely N-dealkylation sites (N-methyl/N-ethyl adjacent to an activating group) is 1. The molecule has 0 bridgehead atoms. The second-order valence-corrected chi connectivity index (χ2v) is 9.31. The molecule has 1 aromatic carbocycles. The highest BCUT2D eigenvalue weighted by Crippen LogP contribution is 2.44. The summed E-state index contributed by atoms with van der Waals surface area (Å²) in [5.74, 6) is -0.252. The molecule has 2 heterocycles. The third-order valence-corrected chi connectivity index (χ3v) is 7.47. The van der Waals surface area contributed by atoms with Gasteiger partial charge in [-0.05, 0) is 62.8 Å². The van der Waals surface area contributed by atoms with E-state index in [1.54, 1.807) is 16.5 Å². The molecule has 2 aromatic rings. The van der Waals surface area contributed by atoms with E-state index in [9.17, 15) is 14.7 Å². The van der Waals surface area contributed by atoms with Crippen molar-refractivity contribution >= 4 is 5.91 Å². The maximum absolute atomic E-state index is 12.8. The van der Waals surface area contributed by atoms with Crippen LogP contribution >= 0.6 is 0 Å². The van der Waals surface area contributed by atoms with Gasteiger partial charge in [0.25, 0.3) is 5.91 Å². The van der Waals surface area contributed by atoms with E-state index >= 15 is 0 Å². The summed E-state index contributed by atoms with van der Waals surface area (Å²) in [6.45, 7) is 12.9. The van der Waals surface area contributed by atoms with Crippen molar-refractivity contribution in [3.05, 3.63) is 56.3 Å². The van der Waals surface area contributed by atoms with E-state index in [1.807, 2.05) is 20.8 Å². The number of amides is 1. The fraction of sp³-hybridized carbons (Fsp3) is 0.577. The summed E-state index contributed by atoms with van der Waals surface area (Å²) in [6.07, 6.45) is 4.94. The van der Waals surface area contributed by atoms with Crippen molar-refractivity contribution in [3.8, 4) is 5.75 Å². The van der Waals surface area contributed by atoms with Crippen LogP contribution in [0.2, 0.25) is 0 Å². The zero-order valence-electron chi connectivity index (χ0n) is 20.6. The Bertz CT molecular complexity index is 1060. The highest BCUT2D eigenvalue weighted by atomic mass is 16.3. The van der Waals surface area contributed by atoms with Crippen molar-refractivity contribution in [1.82, 2.24) is 14.5 Å². The summed E-state index contributed by atoms with van der Waals surface area (Å²) in [6, 6.07) is 4.53. The lowest BCUT2D eigenvalue weighted by Crippen LogP contribution is -2.47. The fourth-order valence-electron chi connectivity index (χ4n) is 5.15. The third-order valence-electron chi connectivity index (χ3n) is 7.47. The molecular weight excluding hydrogens is 402 g/mol. The topological polar surface area (TPSA) is 75.4 Å². The van der Waals surface area contributed by atoms with Crippen LogP contribution in [-0.4, -0.2) is 38.6 Å². The second-order valence-electron chi connectivity index (χ2n) is 9.31. The summed E-state index contributed by atoms with van der Waals surface area (Å²) >= 11 is 0. The first-order chi connectivity index (χ1) is 15.1. The summed E-state index contributed by atoms with van der Waals surface area (Å²) in [7, 11) is 1.71. The molecule has 1 aromatic heterocycles. The van der Waals surface area contributed by atoms with Crippen LogP contribution in [0.15, 0.2) is 16.9 Å². The van der Waals surface area contributed by atoms with E-state index in [-0.39, 0.29) is 23.1 Å². The van der Waals surface area contributed by atoms with Gasteiger partial charge in [-0.1, -0.05) is 38.8 Å². The SMILES string of the molecule is CC.Cc1cc(C2(Cc3nc(=O)c(O)c4n3CC(C)N(C)C4=O)CCCC2)cc(C)c1C. The highest BCUT2D eigenvalue weighted by molar-refractivity contribution is 5.95. The second kappa shape index (κ2) is 9.08. The van der Waals surface area contributed by atoms with Crippen LogP contribution in [0.3, 0.4) is 0 Å². The molecule has 1 amide bonds. The normalized spacial score (nSPS) is 19.4. The van der Waals surface area contributed by atoms with Gasteiger partial charge in [0, 0.05) is 31.5 Å². The van der Waals surface area contributed by atoms with E-state index < -0.39 is 11.3 Å². The van der Waals surface area contributed by atoms with Gasteiger partial charge in [-0.15, -0.1) is 0 Å². The number of carbonyl (C=O) groups excluding carboxylic acids is 1. The number of rotatable bonds is 3. The van der Waals surface area contributed by atoms with Gasteiger partial charge in [0.05, 0.1) is 0 Å². The number of aromatic nitrogens is 2. The van der Waals surface area contributed by atoms with Crippen molar-refractivity contribution in [3.63, 3.8) is 0 Å². The number of hydrogen-bond acceptors (Lipinski definition) is 4. The molecular formula is C26H37N3O3. The molecule has 1 N–H and O–H groups in total. The number of aromatic hydroxyl groups is 1. The van der Waals surface area contributed by atoms with Crippen molar-refractivity contribution < 1.29 is 9.90 Å². The minimum Gasteiger partial charge on any atom is -0.501 e. The summed E-state index contributed by atoms with van der Waals surface area (Å²) in [4.78, 5) is 31.2. The largest absolute Gasteiger partial charge is 0.501 e. The van der Waals surface area contributed by atoms with Gasteiger partial charge in [0.2, 0.25) is 5.75 Å². The van der Waals surface area contributed by atoms with Gasteiger partial charge in [0.15, 0.2) is 5.69 Å². The zero-order chi connectivity index (χ0) is 23.8. The lowest BCUT2D eigenvalue weighted by molar-refractivity contribution is 0.0660. The molecule has 1 atom stereocenters. The molecule has 0 saturated heterocycles. The van der Waals surface area contributed by atoms with Gasteiger partial charge in [-0.2, -0.15) is 4.98 Å². The minimum absolute atomic E-state index is 0.0316. The van der Waals surface area contributed by atoms with Crippen LogP contribution in [0.5, 0.6) is 5.75 Å². The molecule has 0 radical (unpaired) electrons. The van der Waals surface area contributed by atoms with Crippen LogP contribution in [0, 0.1) is 20.8 Å². The Morgan fingerprint density at radius 2 is 1.66 bits per heavy atom.